The molecule has 0 N–H and O–H groups in total. The van der Waals surface area contributed by atoms with Gasteiger partial charge in [-0.1, -0.05) is 42.5 Å². The van der Waals surface area contributed by atoms with Gasteiger partial charge in [-0.25, -0.2) is 9.78 Å². The summed E-state index contributed by atoms with van der Waals surface area (Å²) in [7, 11) is 1.58. The van der Waals surface area contributed by atoms with Crippen LogP contribution in [0.4, 0.5) is 0 Å². The number of carbonyl (C=O) groups excluding carboxylic acids is 1. The number of hydrogen-bond donors (Lipinski definition) is 0. The quantitative estimate of drug-likeness (QED) is 0.307. The van der Waals surface area contributed by atoms with E-state index in [0.29, 0.717) is 11.4 Å². The van der Waals surface area contributed by atoms with E-state index in [1.165, 1.54) is 13.8 Å². The number of pyridine rings is 2. The molecule has 7 heteroatoms. The van der Waals surface area contributed by atoms with Crippen molar-refractivity contribution < 1.29 is 28.7 Å². The molecule has 1 aliphatic heterocycles. The molecule has 3 heterocycles. The third-order valence-electron chi connectivity index (χ3n) is 6.20. The molecule has 1 aliphatic rings. The number of para-hydroxylation sites is 1. The highest BCUT2D eigenvalue weighted by atomic mass is 16.8. The van der Waals surface area contributed by atoms with Gasteiger partial charge in [0.25, 0.3) is 0 Å². The van der Waals surface area contributed by atoms with E-state index in [9.17, 15) is 9.90 Å². The molecule has 182 valence electrons. The highest BCUT2D eigenvalue weighted by molar-refractivity contribution is 5.91. The van der Waals surface area contributed by atoms with Gasteiger partial charge >= 0.3 is 5.97 Å². The minimum Gasteiger partial charge on any atom is -0.575 e. The van der Waals surface area contributed by atoms with E-state index in [1.54, 1.807) is 19.2 Å². The Kier molecular flexibility index (Phi) is 6.06. The number of aromatic nitrogens is 2. The van der Waals surface area contributed by atoms with E-state index in [-0.39, 0.29) is 5.57 Å². The van der Waals surface area contributed by atoms with E-state index in [4.69, 9.17) is 19.2 Å². The Balaban J connectivity index is 1.77. The molecule has 0 aliphatic carbocycles. The molecular formula is C29H26N2O5. The summed E-state index contributed by atoms with van der Waals surface area (Å²) in [6.45, 7) is 3.08. The predicted molar refractivity (Wildman–Crippen MR) is 131 cm³/mol. The van der Waals surface area contributed by atoms with E-state index in [0.717, 1.165) is 16.5 Å². The monoisotopic (exact) mass is 482 g/mol. The van der Waals surface area contributed by atoms with Gasteiger partial charge in [0.2, 0.25) is 6.04 Å². The molecule has 36 heavy (non-hydrogen) atoms. The molecule has 2 atom stereocenters. The molecule has 0 bridgehead atoms. The maximum atomic E-state index is 13.3. The van der Waals surface area contributed by atoms with Crippen LogP contribution in [-0.2, 0) is 14.3 Å². The molecular weight excluding hydrogens is 456 g/mol. The lowest BCUT2D eigenvalue weighted by atomic mass is 9.82. The molecule has 2 aromatic carbocycles. The Morgan fingerprint density at radius 2 is 1.64 bits per heavy atom. The first-order chi connectivity index (χ1) is 17.4. The second kappa shape index (κ2) is 9.34. The van der Waals surface area contributed by atoms with Gasteiger partial charge in [-0.3, -0.25) is 0 Å². The number of nitrogens with zero attached hydrogens (tertiary/aromatic N) is 2. The summed E-state index contributed by atoms with van der Waals surface area (Å²) < 4.78 is 18.3. The van der Waals surface area contributed by atoms with Crippen LogP contribution in [0.2, 0.25) is 0 Å². The largest absolute Gasteiger partial charge is 0.575 e. The third-order valence-corrected chi connectivity index (χ3v) is 6.20. The van der Waals surface area contributed by atoms with Crippen molar-refractivity contribution in [3.63, 3.8) is 0 Å². The summed E-state index contributed by atoms with van der Waals surface area (Å²) in [6.07, 6.45) is 3.78. The Hall–Kier alpha value is -4.39. The molecule has 5 rings (SSSR count). The van der Waals surface area contributed by atoms with Crippen LogP contribution < -0.4 is 14.4 Å². The number of rotatable bonds is 6. The van der Waals surface area contributed by atoms with Crippen LogP contribution in [0, 0.1) is 0 Å². The van der Waals surface area contributed by atoms with Gasteiger partial charge in [-0.15, -0.1) is 0 Å². The summed E-state index contributed by atoms with van der Waals surface area (Å²) >= 11 is 0. The molecule has 2 unspecified atom stereocenters. The van der Waals surface area contributed by atoms with Crippen LogP contribution >= 0.6 is 0 Å². The van der Waals surface area contributed by atoms with Crippen molar-refractivity contribution in [1.29, 1.82) is 0 Å². The number of hydrogen-bond acceptors (Lipinski definition) is 6. The summed E-state index contributed by atoms with van der Waals surface area (Å²) in [6, 6.07) is 24.1. The molecule has 0 spiro atoms. The van der Waals surface area contributed by atoms with Gasteiger partial charge in [-0.05, 0) is 43.7 Å². The van der Waals surface area contributed by atoms with Crippen molar-refractivity contribution in [3.8, 4) is 5.75 Å². The second-order valence-corrected chi connectivity index (χ2v) is 9.04. The van der Waals surface area contributed by atoms with E-state index < -0.39 is 29.7 Å². The summed E-state index contributed by atoms with van der Waals surface area (Å²) in [4.78, 5) is 18.3. The summed E-state index contributed by atoms with van der Waals surface area (Å²) in [5.41, 5.74) is 2.13. The molecule has 4 aromatic rings. The number of cyclic esters (lactones) is 1. The van der Waals surface area contributed by atoms with Gasteiger partial charge in [0.15, 0.2) is 18.2 Å². The zero-order chi connectivity index (χ0) is 25.3. The van der Waals surface area contributed by atoms with E-state index >= 15 is 0 Å². The maximum Gasteiger partial charge on any atom is 0.338 e. The molecule has 0 amide bonds. The Labute approximate surface area is 209 Å². The average molecular weight is 483 g/mol. The highest BCUT2D eigenvalue weighted by Gasteiger charge is 2.43. The number of fused-ring (bicyclic) bond motifs is 1. The fourth-order valence-corrected chi connectivity index (χ4v) is 4.57. The smallest absolute Gasteiger partial charge is 0.338 e. The first kappa shape index (κ1) is 23.4. The van der Waals surface area contributed by atoms with Gasteiger partial charge < -0.3 is 19.3 Å². The predicted octanol–water partition coefficient (Wildman–Crippen LogP) is 3.79. The van der Waals surface area contributed by atoms with Gasteiger partial charge in [0, 0.05) is 17.5 Å². The first-order valence-corrected chi connectivity index (χ1v) is 11.7. The molecule has 7 nitrogen and oxygen atoms in total. The minimum absolute atomic E-state index is 0.0872. The van der Waals surface area contributed by atoms with Crippen molar-refractivity contribution >= 4 is 16.9 Å². The fourth-order valence-electron chi connectivity index (χ4n) is 4.57. The van der Waals surface area contributed by atoms with Crippen LogP contribution in [0.5, 0.6) is 5.75 Å². The minimum atomic E-state index is -1.35. The average Bonchev–Trinajstić information content (AvgIpc) is 2.87. The number of carbonyl (C=O) groups is 1. The number of ether oxygens (including phenoxy) is 3. The van der Waals surface area contributed by atoms with Gasteiger partial charge in [-0.2, -0.15) is 4.57 Å². The summed E-state index contributed by atoms with van der Waals surface area (Å²) in [5.74, 6) is -2.87. The van der Waals surface area contributed by atoms with Crippen LogP contribution in [-0.4, -0.2) is 23.9 Å². The SMILES string of the molecule is COc1ccc(C(C2=C([O-])OC(C)(C)OC2=O)C(c2ccc3ccccc3n2)[n+]2ccccc2)cc1. The molecule has 0 fully saturated rings. The molecule has 2 aromatic heterocycles. The van der Waals surface area contributed by atoms with Crippen LogP contribution in [0.25, 0.3) is 10.9 Å². The number of benzene rings is 2. The van der Waals surface area contributed by atoms with E-state index in [1.807, 2.05) is 83.7 Å². The number of methoxy groups -OCH3 is 1. The number of esters is 1. The van der Waals surface area contributed by atoms with Crippen LogP contribution in [0.1, 0.15) is 37.1 Å². The second-order valence-electron chi connectivity index (χ2n) is 9.04. The lowest BCUT2D eigenvalue weighted by Crippen LogP contribution is -2.47. The lowest BCUT2D eigenvalue weighted by Gasteiger charge is -2.41. The van der Waals surface area contributed by atoms with Crippen molar-refractivity contribution in [2.75, 3.05) is 7.11 Å². The van der Waals surface area contributed by atoms with Gasteiger partial charge in [0.05, 0.1) is 30.1 Å². The maximum absolute atomic E-state index is 13.3. The Morgan fingerprint density at radius 1 is 0.917 bits per heavy atom. The standard InChI is InChI=1S/C29H26N2O5/c1-29(2)35-27(32)25(28(33)36-29)24(20-11-14-21(34-3)15-12-20)26(31-17-7-4-8-18-31)23-16-13-19-9-5-6-10-22(19)30-23/h4-18,24,26H,1-3H3. The fraction of sp³-hybridized carbons (Fsp3) is 0.207. The Bertz CT molecular complexity index is 1430. The van der Waals surface area contributed by atoms with Crippen LogP contribution in [0.3, 0.4) is 0 Å². The van der Waals surface area contributed by atoms with E-state index in [2.05, 4.69) is 0 Å². The normalized spacial score (nSPS) is 16.7. The molecule has 0 saturated heterocycles. The molecule has 0 saturated carbocycles. The molecule has 0 radical (unpaired) electrons. The lowest BCUT2D eigenvalue weighted by molar-refractivity contribution is -0.716. The van der Waals surface area contributed by atoms with Crippen molar-refractivity contribution in [2.24, 2.45) is 0 Å². The Morgan fingerprint density at radius 3 is 2.33 bits per heavy atom. The van der Waals surface area contributed by atoms with Crippen LogP contribution in [0.15, 0.2) is 103 Å². The van der Waals surface area contributed by atoms with Crippen molar-refractivity contribution in [1.82, 2.24) is 4.98 Å². The topological polar surface area (TPSA) is 84.6 Å². The third kappa shape index (κ3) is 4.47. The first-order valence-electron chi connectivity index (χ1n) is 11.7. The van der Waals surface area contributed by atoms with Gasteiger partial charge in [0.1, 0.15) is 11.4 Å². The zero-order valence-electron chi connectivity index (χ0n) is 20.3. The highest BCUT2D eigenvalue weighted by Crippen LogP contribution is 2.41. The van der Waals surface area contributed by atoms with Crippen molar-refractivity contribution in [3.05, 3.63) is 114 Å². The van der Waals surface area contributed by atoms with Crippen molar-refractivity contribution in [2.45, 2.75) is 31.6 Å². The zero-order valence-corrected chi connectivity index (χ0v) is 20.3. The summed E-state index contributed by atoms with van der Waals surface area (Å²) in [5, 5.41) is 14.3.